The molecule has 2 aromatic rings. The lowest BCUT2D eigenvalue weighted by atomic mass is 10.0. The highest BCUT2D eigenvalue weighted by atomic mass is 35.5. The van der Waals surface area contributed by atoms with E-state index in [0.29, 0.717) is 11.6 Å². The Kier molecular flexibility index (Phi) is 2.63. The molecule has 1 aromatic heterocycles. The number of nitrogens with two attached hydrogens (primary N) is 1. The van der Waals surface area contributed by atoms with Crippen molar-refractivity contribution in [1.29, 1.82) is 0 Å². The molecule has 0 bridgehead atoms. The monoisotopic (exact) mass is 227 g/mol. The Morgan fingerprint density at radius 1 is 1.43 bits per heavy atom. The maximum absolute atomic E-state index is 9.19. The Labute approximate surface area is 90.9 Å². The topological polar surface area (TPSA) is 46.2 Å². The molecule has 0 saturated heterocycles. The fourth-order valence-electron chi connectivity index (χ4n) is 1.59. The number of aliphatic hydroxyl groups is 1. The van der Waals surface area contributed by atoms with Gasteiger partial charge in [0.25, 0.3) is 0 Å². The zero-order valence-corrected chi connectivity index (χ0v) is 9.03. The van der Waals surface area contributed by atoms with Crippen molar-refractivity contribution in [1.82, 2.24) is 0 Å². The minimum atomic E-state index is -0.0559. The summed E-state index contributed by atoms with van der Waals surface area (Å²) in [6.45, 7) is -0.0559. The molecule has 0 aliphatic rings. The number of alkyl halides is 1. The average molecular weight is 228 g/mol. The third kappa shape index (κ3) is 1.38. The lowest BCUT2D eigenvalue weighted by Gasteiger charge is -2.09. The summed E-state index contributed by atoms with van der Waals surface area (Å²) in [5.41, 5.74) is 8.15. The van der Waals surface area contributed by atoms with Gasteiger partial charge in [0.2, 0.25) is 0 Å². The fraction of sp³-hybridized carbons (Fsp3) is 0.200. The van der Waals surface area contributed by atoms with E-state index in [-0.39, 0.29) is 6.61 Å². The summed E-state index contributed by atoms with van der Waals surface area (Å²) in [6.07, 6.45) is 0. The van der Waals surface area contributed by atoms with Crippen LogP contribution in [0.15, 0.2) is 17.5 Å². The van der Waals surface area contributed by atoms with Crippen molar-refractivity contribution in [3.05, 3.63) is 28.6 Å². The van der Waals surface area contributed by atoms with Crippen LogP contribution in [0.3, 0.4) is 0 Å². The standard InChI is InChI=1S/C10H10ClNOS/c11-4-7-6-1-2-14-10(6)3-9(12)8(7)5-13/h1-3,13H,4-5,12H2. The summed E-state index contributed by atoms with van der Waals surface area (Å²) in [7, 11) is 0. The van der Waals surface area contributed by atoms with E-state index in [1.165, 1.54) is 0 Å². The molecule has 74 valence electrons. The number of anilines is 1. The van der Waals surface area contributed by atoms with E-state index in [9.17, 15) is 5.11 Å². The Morgan fingerprint density at radius 3 is 2.86 bits per heavy atom. The van der Waals surface area contributed by atoms with E-state index in [1.54, 1.807) is 11.3 Å². The Bertz CT molecular complexity index is 466. The molecule has 1 aromatic carbocycles. The molecule has 2 rings (SSSR count). The van der Waals surface area contributed by atoms with Crippen molar-refractivity contribution in [2.24, 2.45) is 0 Å². The molecular formula is C10H10ClNOS. The first-order valence-corrected chi connectivity index (χ1v) is 5.63. The lowest BCUT2D eigenvalue weighted by Crippen LogP contribution is -1.99. The fourth-order valence-corrected chi connectivity index (χ4v) is 2.76. The quantitative estimate of drug-likeness (QED) is 0.612. The first-order valence-electron chi connectivity index (χ1n) is 4.22. The summed E-state index contributed by atoms with van der Waals surface area (Å²) >= 11 is 7.49. The number of thiophene rings is 1. The number of fused-ring (bicyclic) bond motifs is 1. The summed E-state index contributed by atoms with van der Waals surface area (Å²) < 4.78 is 1.12. The van der Waals surface area contributed by atoms with E-state index in [2.05, 4.69) is 0 Å². The SMILES string of the molecule is Nc1cc2sccc2c(CCl)c1CO. The predicted molar refractivity (Wildman–Crippen MR) is 61.7 cm³/mol. The molecule has 0 aliphatic heterocycles. The van der Waals surface area contributed by atoms with Crippen LogP contribution in [0, 0.1) is 0 Å². The largest absolute Gasteiger partial charge is 0.398 e. The van der Waals surface area contributed by atoms with Crippen molar-refractivity contribution in [2.75, 3.05) is 5.73 Å². The van der Waals surface area contributed by atoms with Crippen molar-refractivity contribution in [2.45, 2.75) is 12.5 Å². The Morgan fingerprint density at radius 2 is 2.21 bits per heavy atom. The summed E-state index contributed by atoms with van der Waals surface area (Å²) in [6, 6.07) is 3.90. The zero-order valence-electron chi connectivity index (χ0n) is 7.46. The molecule has 0 atom stereocenters. The van der Waals surface area contributed by atoms with Crippen LogP contribution < -0.4 is 5.73 Å². The predicted octanol–water partition coefficient (Wildman–Crippen LogP) is 2.71. The third-order valence-electron chi connectivity index (χ3n) is 2.31. The van der Waals surface area contributed by atoms with Gasteiger partial charge in [0.05, 0.1) is 6.61 Å². The first kappa shape index (κ1) is 9.77. The Hall–Kier alpha value is -0.770. The van der Waals surface area contributed by atoms with Crippen molar-refractivity contribution in [3.8, 4) is 0 Å². The molecule has 2 nitrogen and oxygen atoms in total. The van der Waals surface area contributed by atoms with Crippen LogP contribution in [-0.2, 0) is 12.5 Å². The van der Waals surface area contributed by atoms with Gasteiger partial charge >= 0.3 is 0 Å². The minimum absolute atomic E-state index is 0.0559. The molecule has 14 heavy (non-hydrogen) atoms. The Balaban J connectivity index is 2.82. The van der Waals surface area contributed by atoms with Crippen LogP contribution >= 0.6 is 22.9 Å². The number of halogens is 1. The number of aliphatic hydroxyl groups excluding tert-OH is 1. The number of rotatable bonds is 2. The maximum Gasteiger partial charge on any atom is 0.0705 e. The number of hydrogen-bond acceptors (Lipinski definition) is 3. The summed E-state index contributed by atoms with van der Waals surface area (Å²) in [5.74, 6) is 0.383. The van der Waals surface area contributed by atoms with Gasteiger partial charge in [0.15, 0.2) is 0 Å². The van der Waals surface area contributed by atoms with Crippen LogP contribution in [0.1, 0.15) is 11.1 Å². The number of benzene rings is 1. The second kappa shape index (κ2) is 3.77. The minimum Gasteiger partial charge on any atom is -0.398 e. The molecule has 0 amide bonds. The molecule has 4 heteroatoms. The average Bonchev–Trinajstić information content (AvgIpc) is 2.62. The molecule has 1 heterocycles. The highest BCUT2D eigenvalue weighted by Crippen LogP contribution is 2.32. The van der Waals surface area contributed by atoms with Gasteiger partial charge in [-0.05, 0) is 28.5 Å². The van der Waals surface area contributed by atoms with Crippen LogP contribution in [-0.4, -0.2) is 5.11 Å². The molecule has 0 saturated carbocycles. The molecule has 3 N–H and O–H groups in total. The van der Waals surface area contributed by atoms with Gasteiger partial charge < -0.3 is 10.8 Å². The smallest absolute Gasteiger partial charge is 0.0705 e. The van der Waals surface area contributed by atoms with E-state index >= 15 is 0 Å². The van der Waals surface area contributed by atoms with E-state index in [4.69, 9.17) is 17.3 Å². The number of nitrogen functional groups attached to an aromatic ring is 1. The highest BCUT2D eigenvalue weighted by Gasteiger charge is 2.10. The van der Waals surface area contributed by atoms with Gasteiger partial charge in [-0.2, -0.15) is 0 Å². The molecular weight excluding hydrogens is 218 g/mol. The van der Waals surface area contributed by atoms with Gasteiger partial charge in [0, 0.05) is 21.8 Å². The lowest BCUT2D eigenvalue weighted by molar-refractivity contribution is 0.282. The zero-order chi connectivity index (χ0) is 10.1. The van der Waals surface area contributed by atoms with Crippen LogP contribution in [0.25, 0.3) is 10.1 Å². The van der Waals surface area contributed by atoms with Crippen LogP contribution in [0.2, 0.25) is 0 Å². The second-order valence-electron chi connectivity index (χ2n) is 3.05. The van der Waals surface area contributed by atoms with Gasteiger partial charge in [0.1, 0.15) is 0 Å². The normalized spacial score (nSPS) is 11.0. The third-order valence-corrected chi connectivity index (χ3v) is 3.44. The van der Waals surface area contributed by atoms with Gasteiger partial charge in [-0.25, -0.2) is 0 Å². The van der Waals surface area contributed by atoms with Gasteiger partial charge in [-0.15, -0.1) is 22.9 Å². The van der Waals surface area contributed by atoms with Crippen LogP contribution in [0.5, 0.6) is 0 Å². The van der Waals surface area contributed by atoms with Gasteiger partial charge in [-0.3, -0.25) is 0 Å². The van der Waals surface area contributed by atoms with Crippen molar-refractivity contribution >= 4 is 38.7 Å². The molecule has 0 unspecified atom stereocenters. The molecule has 0 radical (unpaired) electrons. The van der Waals surface area contributed by atoms with Gasteiger partial charge in [-0.1, -0.05) is 0 Å². The highest BCUT2D eigenvalue weighted by molar-refractivity contribution is 7.17. The second-order valence-corrected chi connectivity index (χ2v) is 4.26. The molecule has 0 spiro atoms. The maximum atomic E-state index is 9.19. The summed E-state index contributed by atoms with van der Waals surface area (Å²) in [5, 5.41) is 12.3. The number of hydrogen-bond donors (Lipinski definition) is 2. The van der Waals surface area contributed by atoms with Crippen LogP contribution in [0.4, 0.5) is 5.69 Å². The molecule has 0 fully saturated rings. The molecule has 0 aliphatic carbocycles. The summed E-state index contributed by atoms with van der Waals surface area (Å²) in [4.78, 5) is 0. The van der Waals surface area contributed by atoms with E-state index < -0.39 is 0 Å². The van der Waals surface area contributed by atoms with E-state index in [0.717, 1.165) is 21.2 Å². The van der Waals surface area contributed by atoms with Crippen molar-refractivity contribution < 1.29 is 5.11 Å². The van der Waals surface area contributed by atoms with Crippen molar-refractivity contribution in [3.63, 3.8) is 0 Å². The first-order chi connectivity index (χ1) is 6.77. The van der Waals surface area contributed by atoms with E-state index in [1.807, 2.05) is 17.5 Å².